The summed E-state index contributed by atoms with van der Waals surface area (Å²) in [5.41, 5.74) is 0.601. The zero-order valence-corrected chi connectivity index (χ0v) is 16.4. The van der Waals surface area contributed by atoms with Gasteiger partial charge in [-0.05, 0) is 30.2 Å². The lowest BCUT2D eigenvalue weighted by Gasteiger charge is -2.22. The summed E-state index contributed by atoms with van der Waals surface area (Å²) in [6, 6.07) is 6.86. The quantitative estimate of drug-likeness (QED) is 0.604. The summed E-state index contributed by atoms with van der Waals surface area (Å²) >= 11 is 0. The highest BCUT2D eigenvalue weighted by atomic mass is 16.5. The fourth-order valence-corrected chi connectivity index (χ4v) is 2.26. The Balaban J connectivity index is 2.47. The molecule has 0 unspecified atom stereocenters. The standard InChI is InChI=1S/C19H29N3O5/c1-14(2)11-19(25)22(9-10-26-3)13-18(24)20-12-17(23)21-15-5-7-16(27-4)8-6-15/h5-8,14H,9-13H2,1-4H3,(H,20,24)(H,21,23). The lowest BCUT2D eigenvalue weighted by atomic mass is 10.1. The third-order valence-electron chi connectivity index (χ3n) is 3.66. The first-order valence-electron chi connectivity index (χ1n) is 8.83. The minimum Gasteiger partial charge on any atom is -0.497 e. The topological polar surface area (TPSA) is 97.0 Å². The highest BCUT2D eigenvalue weighted by Gasteiger charge is 2.18. The van der Waals surface area contributed by atoms with Crippen molar-refractivity contribution in [2.24, 2.45) is 5.92 Å². The number of nitrogens with one attached hydrogen (secondary N) is 2. The van der Waals surface area contributed by atoms with Crippen LogP contribution in [0.2, 0.25) is 0 Å². The Morgan fingerprint density at radius 3 is 2.30 bits per heavy atom. The predicted octanol–water partition coefficient (Wildman–Crippen LogP) is 1.27. The molecular weight excluding hydrogens is 350 g/mol. The molecule has 2 N–H and O–H groups in total. The molecule has 1 aromatic carbocycles. The van der Waals surface area contributed by atoms with E-state index in [-0.39, 0.29) is 30.8 Å². The Kier molecular flexibility index (Phi) is 9.89. The molecule has 0 saturated carbocycles. The van der Waals surface area contributed by atoms with E-state index in [0.29, 0.717) is 31.0 Å². The molecule has 1 rings (SSSR count). The normalized spacial score (nSPS) is 10.4. The van der Waals surface area contributed by atoms with E-state index >= 15 is 0 Å². The first-order valence-corrected chi connectivity index (χ1v) is 8.83. The number of carbonyl (C=O) groups is 3. The summed E-state index contributed by atoms with van der Waals surface area (Å²) in [5, 5.41) is 5.21. The van der Waals surface area contributed by atoms with Crippen molar-refractivity contribution in [2.45, 2.75) is 20.3 Å². The summed E-state index contributed by atoms with van der Waals surface area (Å²) in [4.78, 5) is 37.7. The molecule has 0 aliphatic heterocycles. The number of methoxy groups -OCH3 is 2. The van der Waals surface area contributed by atoms with Gasteiger partial charge in [0.15, 0.2) is 0 Å². The van der Waals surface area contributed by atoms with Crippen molar-refractivity contribution in [3.8, 4) is 5.75 Å². The molecule has 0 aliphatic carbocycles. The Bertz CT molecular complexity index is 616. The number of hydrogen-bond donors (Lipinski definition) is 2. The number of nitrogens with zero attached hydrogens (tertiary/aromatic N) is 1. The second-order valence-electron chi connectivity index (χ2n) is 6.46. The van der Waals surface area contributed by atoms with Crippen LogP contribution >= 0.6 is 0 Å². The van der Waals surface area contributed by atoms with Gasteiger partial charge in [-0.25, -0.2) is 0 Å². The van der Waals surface area contributed by atoms with Gasteiger partial charge in [0.25, 0.3) is 0 Å². The predicted molar refractivity (Wildman–Crippen MR) is 103 cm³/mol. The molecule has 0 fully saturated rings. The molecule has 8 heteroatoms. The zero-order chi connectivity index (χ0) is 20.2. The van der Waals surface area contributed by atoms with Gasteiger partial charge < -0.3 is 25.0 Å². The van der Waals surface area contributed by atoms with Crippen LogP contribution in [0.3, 0.4) is 0 Å². The van der Waals surface area contributed by atoms with Crippen LogP contribution in [0.4, 0.5) is 5.69 Å². The third kappa shape index (κ3) is 9.05. The van der Waals surface area contributed by atoms with Gasteiger partial charge in [-0.2, -0.15) is 0 Å². The van der Waals surface area contributed by atoms with E-state index in [1.54, 1.807) is 31.4 Å². The zero-order valence-electron chi connectivity index (χ0n) is 16.4. The lowest BCUT2D eigenvalue weighted by Crippen LogP contribution is -2.44. The average Bonchev–Trinajstić information content (AvgIpc) is 2.63. The summed E-state index contributed by atoms with van der Waals surface area (Å²) in [5.74, 6) is 0.0165. The average molecular weight is 379 g/mol. The summed E-state index contributed by atoms with van der Waals surface area (Å²) in [7, 11) is 3.10. The van der Waals surface area contributed by atoms with Crippen LogP contribution in [0.25, 0.3) is 0 Å². The minimum atomic E-state index is -0.395. The van der Waals surface area contributed by atoms with Gasteiger partial charge in [0.05, 0.1) is 26.8 Å². The highest BCUT2D eigenvalue weighted by molar-refractivity contribution is 5.95. The van der Waals surface area contributed by atoms with Crippen LogP contribution in [0.15, 0.2) is 24.3 Å². The molecule has 0 heterocycles. The minimum absolute atomic E-state index is 0.106. The van der Waals surface area contributed by atoms with Crippen LogP contribution in [-0.2, 0) is 19.1 Å². The van der Waals surface area contributed by atoms with Crippen molar-refractivity contribution in [1.82, 2.24) is 10.2 Å². The molecule has 0 atom stereocenters. The number of rotatable bonds is 11. The molecular formula is C19H29N3O5. The number of anilines is 1. The molecule has 0 bridgehead atoms. The molecule has 0 spiro atoms. The number of ether oxygens (including phenoxy) is 2. The Hall–Kier alpha value is -2.61. The molecule has 150 valence electrons. The summed E-state index contributed by atoms with van der Waals surface area (Å²) in [6.07, 6.45) is 0.356. The van der Waals surface area contributed by atoms with Gasteiger partial charge in [0, 0.05) is 25.8 Å². The number of carbonyl (C=O) groups excluding carboxylic acids is 3. The first-order chi connectivity index (χ1) is 12.8. The summed E-state index contributed by atoms with van der Waals surface area (Å²) < 4.78 is 10.0. The largest absolute Gasteiger partial charge is 0.497 e. The Labute approximate surface area is 160 Å². The van der Waals surface area contributed by atoms with E-state index in [1.807, 2.05) is 13.8 Å². The van der Waals surface area contributed by atoms with Gasteiger partial charge in [-0.3, -0.25) is 14.4 Å². The maximum atomic E-state index is 12.2. The lowest BCUT2D eigenvalue weighted by molar-refractivity contribution is -0.137. The highest BCUT2D eigenvalue weighted by Crippen LogP contribution is 2.14. The monoisotopic (exact) mass is 379 g/mol. The van der Waals surface area contributed by atoms with Crippen LogP contribution in [0, 0.1) is 5.92 Å². The van der Waals surface area contributed by atoms with E-state index in [0.717, 1.165) is 0 Å². The van der Waals surface area contributed by atoms with Crippen molar-refractivity contribution < 1.29 is 23.9 Å². The SMILES string of the molecule is COCCN(CC(=O)NCC(=O)Nc1ccc(OC)cc1)C(=O)CC(C)C. The Morgan fingerprint density at radius 2 is 1.74 bits per heavy atom. The van der Waals surface area contributed by atoms with Crippen LogP contribution in [-0.4, -0.2) is 63.1 Å². The molecule has 0 aliphatic rings. The van der Waals surface area contributed by atoms with Gasteiger partial charge in [-0.1, -0.05) is 13.8 Å². The molecule has 0 radical (unpaired) electrons. The van der Waals surface area contributed by atoms with Gasteiger partial charge in [0.2, 0.25) is 17.7 Å². The van der Waals surface area contributed by atoms with E-state index in [4.69, 9.17) is 9.47 Å². The molecule has 27 heavy (non-hydrogen) atoms. The maximum Gasteiger partial charge on any atom is 0.243 e. The first kappa shape index (κ1) is 22.4. The van der Waals surface area contributed by atoms with Crippen molar-refractivity contribution in [3.05, 3.63) is 24.3 Å². The molecule has 1 aromatic rings. The van der Waals surface area contributed by atoms with Gasteiger partial charge in [0.1, 0.15) is 5.75 Å². The van der Waals surface area contributed by atoms with Gasteiger partial charge in [-0.15, -0.1) is 0 Å². The van der Waals surface area contributed by atoms with Gasteiger partial charge >= 0.3 is 0 Å². The number of benzene rings is 1. The van der Waals surface area contributed by atoms with E-state index in [1.165, 1.54) is 12.0 Å². The fraction of sp³-hybridized carbons (Fsp3) is 0.526. The molecule has 0 saturated heterocycles. The van der Waals surface area contributed by atoms with Crippen molar-refractivity contribution in [3.63, 3.8) is 0 Å². The number of amides is 3. The maximum absolute atomic E-state index is 12.2. The number of hydrogen-bond acceptors (Lipinski definition) is 5. The summed E-state index contributed by atoms with van der Waals surface area (Å²) in [6.45, 7) is 4.26. The molecule has 3 amide bonds. The van der Waals surface area contributed by atoms with Crippen molar-refractivity contribution in [2.75, 3.05) is 45.8 Å². The molecule has 0 aromatic heterocycles. The third-order valence-corrected chi connectivity index (χ3v) is 3.66. The van der Waals surface area contributed by atoms with E-state index < -0.39 is 5.91 Å². The van der Waals surface area contributed by atoms with Crippen LogP contribution < -0.4 is 15.4 Å². The Morgan fingerprint density at radius 1 is 1.07 bits per heavy atom. The fourth-order valence-electron chi connectivity index (χ4n) is 2.26. The molecule has 8 nitrogen and oxygen atoms in total. The second kappa shape index (κ2) is 11.9. The van der Waals surface area contributed by atoms with Crippen LogP contribution in [0.1, 0.15) is 20.3 Å². The second-order valence-corrected chi connectivity index (χ2v) is 6.46. The van der Waals surface area contributed by atoms with Crippen molar-refractivity contribution >= 4 is 23.4 Å². The van der Waals surface area contributed by atoms with E-state index in [2.05, 4.69) is 10.6 Å². The smallest absolute Gasteiger partial charge is 0.243 e. The van der Waals surface area contributed by atoms with Crippen molar-refractivity contribution in [1.29, 1.82) is 0 Å². The van der Waals surface area contributed by atoms with Crippen LogP contribution in [0.5, 0.6) is 5.75 Å². The van der Waals surface area contributed by atoms with E-state index in [9.17, 15) is 14.4 Å².